The van der Waals surface area contributed by atoms with Gasteiger partial charge in [0, 0.05) is 17.7 Å². The third-order valence-electron chi connectivity index (χ3n) is 4.97. The molecule has 0 aromatic heterocycles. The summed E-state index contributed by atoms with van der Waals surface area (Å²) in [4.78, 5) is 0. The van der Waals surface area contributed by atoms with Gasteiger partial charge in [-0.1, -0.05) is 23.3 Å². The van der Waals surface area contributed by atoms with Crippen molar-refractivity contribution in [2.45, 2.75) is 0 Å². The van der Waals surface area contributed by atoms with Crippen LogP contribution in [0, 0.1) is 0 Å². The van der Waals surface area contributed by atoms with Gasteiger partial charge in [-0.3, -0.25) is 0 Å². The standard InChI is InChI=1S/C23H23O4.C5H5.Fe/c1-24-18-11-9-17(10-12-18)20(16-7-5-6-8-16)15-21-22(26-3)13-19(25-2)14-23(21)27-4;1-2-4-5-3-1;/h5-15H,1-4H3;1-5H;/q2*-1;+2/b20-15+;;. The van der Waals surface area contributed by atoms with Gasteiger partial charge in [-0.05, 0) is 12.1 Å². The second-order valence-corrected chi connectivity index (χ2v) is 6.87. The second-order valence-electron chi connectivity index (χ2n) is 6.87. The average molecular weight is 484 g/mol. The monoisotopic (exact) mass is 484 g/mol. The van der Waals surface area contributed by atoms with Crippen LogP contribution in [0.15, 0.2) is 91.0 Å². The molecule has 0 saturated carbocycles. The molecule has 0 unspecified atom stereocenters. The first-order chi connectivity index (χ1) is 15.7. The van der Waals surface area contributed by atoms with E-state index in [0.29, 0.717) is 17.2 Å². The van der Waals surface area contributed by atoms with Gasteiger partial charge in [-0.2, -0.15) is 30.3 Å². The fourth-order valence-corrected chi connectivity index (χ4v) is 3.30. The Morgan fingerprint density at radius 2 is 1.27 bits per heavy atom. The van der Waals surface area contributed by atoms with Crippen LogP contribution < -0.4 is 18.9 Å². The van der Waals surface area contributed by atoms with Gasteiger partial charge in [0.25, 0.3) is 0 Å². The summed E-state index contributed by atoms with van der Waals surface area (Å²) < 4.78 is 21.8. The van der Waals surface area contributed by atoms with Crippen molar-refractivity contribution in [3.05, 3.63) is 108 Å². The molecular formula is C28H28FeO4. The number of ether oxygens (including phenoxy) is 4. The van der Waals surface area contributed by atoms with E-state index in [0.717, 1.165) is 28.0 Å². The van der Waals surface area contributed by atoms with E-state index in [1.54, 1.807) is 28.4 Å². The van der Waals surface area contributed by atoms with E-state index in [1.807, 2.05) is 78.9 Å². The Morgan fingerprint density at radius 3 is 1.70 bits per heavy atom. The van der Waals surface area contributed by atoms with E-state index < -0.39 is 0 Å². The normalized spacial score (nSPS) is 10.4. The average Bonchev–Trinajstić information content (AvgIpc) is 3.59. The van der Waals surface area contributed by atoms with Crippen molar-refractivity contribution in [2.24, 2.45) is 0 Å². The molecule has 0 fully saturated rings. The maximum absolute atomic E-state index is 5.60. The summed E-state index contributed by atoms with van der Waals surface area (Å²) >= 11 is 0. The Kier molecular flexibility index (Phi) is 10.4. The first-order valence-corrected chi connectivity index (χ1v) is 10.2. The number of hydrogen-bond acceptors (Lipinski definition) is 4. The Hall–Kier alpha value is -3.40. The second kappa shape index (κ2) is 13.2. The third-order valence-corrected chi connectivity index (χ3v) is 4.97. The molecule has 0 radical (unpaired) electrons. The molecule has 172 valence electrons. The molecule has 0 atom stereocenters. The Balaban J connectivity index is 0.000000568. The number of methoxy groups -OCH3 is 4. The summed E-state index contributed by atoms with van der Waals surface area (Å²) in [6.45, 7) is 0. The molecule has 0 N–H and O–H groups in total. The van der Waals surface area contributed by atoms with E-state index in [1.165, 1.54) is 0 Å². The topological polar surface area (TPSA) is 36.9 Å². The molecule has 4 rings (SSSR count). The van der Waals surface area contributed by atoms with Crippen molar-refractivity contribution < 1.29 is 36.0 Å². The summed E-state index contributed by atoms with van der Waals surface area (Å²) in [5.74, 6) is 2.87. The van der Waals surface area contributed by atoms with E-state index in [4.69, 9.17) is 18.9 Å². The summed E-state index contributed by atoms with van der Waals surface area (Å²) in [5.41, 5.74) is 4.10. The Bertz CT molecular complexity index is 1050. The summed E-state index contributed by atoms with van der Waals surface area (Å²) in [6, 6.07) is 29.9. The van der Waals surface area contributed by atoms with Gasteiger partial charge in [0.15, 0.2) is 0 Å². The Morgan fingerprint density at radius 1 is 0.727 bits per heavy atom. The van der Waals surface area contributed by atoms with Crippen LogP contribution in [0.4, 0.5) is 0 Å². The van der Waals surface area contributed by atoms with Crippen molar-refractivity contribution in [3.63, 3.8) is 0 Å². The zero-order valence-electron chi connectivity index (χ0n) is 19.2. The third kappa shape index (κ3) is 6.79. The maximum atomic E-state index is 5.60. The molecule has 0 heterocycles. The van der Waals surface area contributed by atoms with Crippen LogP contribution >= 0.6 is 0 Å². The molecule has 4 nitrogen and oxygen atoms in total. The van der Waals surface area contributed by atoms with Crippen LogP contribution in [-0.2, 0) is 17.1 Å². The first kappa shape index (κ1) is 25.9. The van der Waals surface area contributed by atoms with Gasteiger partial charge in [0.2, 0.25) is 0 Å². The SMILES string of the molecule is COc1ccc(/C(=C/c2c(OC)cc(OC)cc2OC)[c-]2cccc2)cc1.[Fe+2].c1cc[cH-]c1. The van der Waals surface area contributed by atoms with Crippen LogP contribution in [0.5, 0.6) is 23.0 Å². The van der Waals surface area contributed by atoms with E-state index in [-0.39, 0.29) is 17.1 Å². The first-order valence-electron chi connectivity index (χ1n) is 10.2. The Labute approximate surface area is 206 Å². The predicted octanol–water partition coefficient (Wildman–Crippen LogP) is 6.43. The van der Waals surface area contributed by atoms with Gasteiger partial charge in [-0.15, -0.1) is 23.8 Å². The minimum absolute atomic E-state index is 0. The smallest absolute Gasteiger partial charge is 0.497 e. The van der Waals surface area contributed by atoms with Crippen molar-refractivity contribution in [3.8, 4) is 23.0 Å². The van der Waals surface area contributed by atoms with Crippen LogP contribution in [-0.4, -0.2) is 28.4 Å². The number of benzene rings is 2. The molecule has 0 saturated heterocycles. The molecule has 0 aliphatic heterocycles. The molecule has 0 bridgehead atoms. The predicted molar refractivity (Wildman–Crippen MR) is 130 cm³/mol. The fourth-order valence-electron chi connectivity index (χ4n) is 3.30. The van der Waals surface area contributed by atoms with Crippen molar-refractivity contribution >= 4 is 11.6 Å². The molecule has 4 aromatic carbocycles. The maximum Gasteiger partial charge on any atom is 2.00 e. The summed E-state index contributed by atoms with van der Waals surface area (Å²) in [5, 5.41) is 0. The molecule has 4 aromatic rings. The largest absolute Gasteiger partial charge is 2.00 e. The van der Waals surface area contributed by atoms with Gasteiger partial charge in [-0.25, -0.2) is 12.1 Å². The minimum atomic E-state index is 0. The number of hydrogen-bond donors (Lipinski definition) is 0. The zero-order valence-corrected chi connectivity index (χ0v) is 20.3. The molecule has 0 amide bonds. The van der Waals surface area contributed by atoms with E-state index in [9.17, 15) is 0 Å². The van der Waals surface area contributed by atoms with Gasteiger partial charge in [0.1, 0.15) is 23.0 Å². The van der Waals surface area contributed by atoms with Crippen LogP contribution in [0.2, 0.25) is 0 Å². The van der Waals surface area contributed by atoms with Crippen LogP contribution in [0.1, 0.15) is 16.7 Å². The zero-order chi connectivity index (χ0) is 22.8. The van der Waals surface area contributed by atoms with Crippen LogP contribution in [0.3, 0.4) is 0 Å². The van der Waals surface area contributed by atoms with Gasteiger partial charge in [0.05, 0.1) is 28.4 Å². The quantitative estimate of drug-likeness (QED) is 0.172. The van der Waals surface area contributed by atoms with Crippen molar-refractivity contribution in [2.75, 3.05) is 28.4 Å². The van der Waals surface area contributed by atoms with Gasteiger partial charge >= 0.3 is 17.1 Å². The molecular weight excluding hydrogens is 456 g/mol. The van der Waals surface area contributed by atoms with Crippen molar-refractivity contribution in [1.29, 1.82) is 0 Å². The summed E-state index contributed by atoms with van der Waals surface area (Å²) in [7, 11) is 6.56. The molecule has 0 spiro atoms. The molecule has 0 aliphatic carbocycles. The molecule has 0 aliphatic rings. The summed E-state index contributed by atoms with van der Waals surface area (Å²) in [6.07, 6.45) is 2.08. The van der Waals surface area contributed by atoms with E-state index in [2.05, 4.69) is 18.2 Å². The van der Waals surface area contributed by atoms with E-state index >= 15 is 0 Å². The minimum Gasteiger partial charge on any atom is -0.497 e. The van der Waals surface area contributed by atoms with Crippen molar-refractivity contribution in [1.82, 2.24) is 0 Å². The van der Waals surface area contributed by atoms with Crippen LogP contribution in [0.25, 0.3) is 11.6 Å². The fraction of sp³-hybridized carbons (Fsp3) is 0.143. The number of rotatable bonds is 7. The molecule has 5 heteroatoms. The molecule has 33 heavy (non-hydrogen) atoms. The van der Waals surface area contributed by atoms with Gasteiger partial charge < -0.3 is 18.9 Å².